The minimum Gasteiger partial charge on any atom is -0.422 e. The molecule has 2 aromatic heterocycles. The number of fused-ring (bicyclic) bond motifs is 1. The molecule has 9 nitrogen and oxygen atoms in total. The van der Waals surface area contributed by atoms with E-state index in [9.17, 15) is 4.79 Å². The zero-order valence-electron chi connectivity index (χ0n) is 16.4. The van der Waals surface area contributed by atoms with Gasteiger partial charge in [0.2, 0.25) is 11.8 Å². The molecule has 2 aliphatic rings. The molecule has 0 saturated heterocycles. The normalized spacial score (nSPS) is 20.6. The highest BCUT2D eigenvalue weighted by Crippen LogP contribution is 2.42. The Hall–Kier alpha value is -3.93. The summed E-state index contributed by atoms with van der Waals surface area (Å²) in [6, 6.07) is 10.1. The average molecular weight is 401 g/mol. The van der Waals surface area contributed by atoms with Crippen molar-refractivity contribution < 1.29 is 4.74 Å². The molecule has 0 unspecified atom stereocenters. The zero-order chi connectivity index (χ0) is 20.8. The molecule has 1 aliphatic heterocycles. The van der Waals surface area contributed by atoms with E-state index < -0.39 is 0 Å². The standard InChI is InChI=1S/C21H19N7O2/c1-13-28(17-7-16(8-17)15-5-3-14(9-22)4-6-15)25-18(30-13)10-27-12-24-20-19(21(27)29)26(2)11-23-20/h3-6,11-12,16-17H,1,7-8,10H2,2H3. The lowest BCUT2D eigenvalue weighted by molar-refractivity contribution is 0.123. The Morgan fingerprint density at radius 3 is 2.70 bits per heavy atom. The fourth-order valence-electron chi connectivity index (χ4n) is 3.95. The van der Waals surface area contributed by atoms with Gasteiger partial charge in [-0.25, -0.2) is 15.0 Å². The van der Waals surface area contributed by atoms with Gasteiger partial charge in [0.25, 0.3) is 5.56 Å². The molecule has 0 amide bonds. The number of nitrogens with zero attached hydrogens (tertiary/aromatic N) is 7. The van der Waals surface area contributed by atoms with E-state index in [0.29, 0.717) is 34.4 Å². The molecular formula is C21H19N7O2. The number of aryl methyl sites for hydroxylation is 1. The Bertz CT molecular complexity index is 1270. The lowest BCUT2D eigenvalue weighted by atomic mass is 9.75. The summed E-state index contributed by atoms with van der Waals surface area (Å²) in [5.74, 6) is 1.30. The van der Waals surface area contributed by atoms with Crippen LogP contribution in [-0.4, -0.2) is 36.1 Å². The summed E-state index contributed by atoms with van der Waals surface area (Å²) in [6.45, 7) is 4.14. The SMILES string of the molecule is C=C1OC(Cn2cnc3ncn(C)c3c2=O)=NN1C1CC(c2ccc(C#N)cc2)C1. The van der Waals surface area contributed by atoms with Crippen LogP contribution in [0.2, 0.25) is 0 Å². The van der Waals surface area contributed by atoms with E-state index in [1.165, 1.54) is 16.5 Å². The van der Waals surface area contributed by atoms with Crippen LogP contribution in [0.25, 0.3) is 11.2 Å². The molecule has 3 aromatic rings. The van der Waals surface area contributed by atoms with Crippen LogP contribution in [0.1, 0.15) is 29.9 Å². The maximum Gasteiger partial charge on any atom is 0.280 e. The monoisotopic (exact) mass is 401 g/mol. The maximum atomic E-state index is 12.7. The van der Waals surface area contributed by atoms with E-state index in [4.69, 9.17) is 10.00 Å². The summed E-state index contributed by atoms with van der Waals surface area (Å²) in [5.41, 5.74) is 2.56. The summed E-state index contributed by atoms with van der Waals surface area (Å²) >= 11 is 0. The molecule has 1 saturated carbocycles. The molecule has 1 fully saturated rings. The first kappa shape index (κ1) is 18.1. The number of ether oxygens (including phenoxy) is 1. The Balaban J connectivity index is 1.29. The quantitative estimate of drug-likeness (QED) is 0.663. The maximum absolute atomic E-state index is 12.7. The van der Waals surface area contributed by atoms with Crippen LogP contribution in [-0.2, 0) is 18.3 Å². The van der Waals surface area contributed by atoms with Crippen molar-refractivity contribution in [3.05, 3.63) is 70.9 Å². The first-order chi connectivity index (χ1) is 14.5. The fraction of sp³-hybridized carbons (Fsp3) is 0.286. The van der Waals surface area contributed by atoms with Crippen LogP contribution in [0.15, 0.2) is 59.3 Å². The number of imidazole rings is 1. The fourth-order valence-corrected chi connectivity index (χ4v) is 3.95. The summed E-state index contributed by atoms with van der Waals surface area (Å²) in [6.07, 6.45) is 4.87. The van der Waals surface area contributed by atoms with Gasteiger partial charge in [-0.1, -0.05) is 12.1 Å². The van der Waals surface area contributed by atoms with Gasteiger partial charge < -0.3 is 9.30 Å². The van der Waals surface area contributed by atoms with Crippen molar-refractivity contribution in [1.29, 1.82) is 5.26 Å². The second kappa shape index (κ2) is 6.84. The molecule has 0 spiro atoms. The molecule has 1 aliphatic carbocycles. The second-order valence-electron chi connectivity index (χ2n) is 7.60. The number of hydrazone groups is 1. The lowest BCUT2D eigenvalue weighted by Crippen LogP contribution is -2.39. The van der Waals surface area contributed by atoms with Crippen LogP contribution < -0.4 is 5.56 Å². The third-order valence-electron chi connectivity index (χ3n) is 5.69. The van der Waals surface area contributed by atoms with Gasteiger partial charge in [0.1, 0.15) is 12.9 Å². The van der Waals surface area contributed by atoms with Gasteiger partial charge in [-0.3, -0.25) is 9.36 Å². The number of hydrogen-bond donors (Lipinski definition) is 0. The number of aromatic nitrogens is 4. The summed E-state index contributed by atoms with van der Waals surface area (Å²) in [7, 11) is 1.76. The Labute approximate surface area is 172 Å². The molecule has 0 radical (unpaired) electrons. The third-order valence-corrected chi connectivity index (χ3v) is 5.69. The van der Waals surface area contributed by atoms with Crippen molar-refractivity contribution in [2.45, 2.75) is 31.3 Å². The Kier molecular flexibility index (Phi) is 4.13. The minimum absolute atomic E-state index is 0.175. The van der Waals surface area contributed by atoms with Gasteiger partial charge in [0.15, 0.2) is 11.2 Å². The molecule has 5 rings (SSSR count). The molecular weight excluding hydrogens is 382 g/mol. The van der Waals surface area contributed by atoms with Crippen molar-refractivity contribution in [1.82, 2.24) is 24.1 Å². The smallest absolute Gasteiger partial charge is 0.280 e. The molecule has 0 bridgehead atoms. The summed E-state index contributed by atoms with van der Waals surface area (Å²) < 4.78 is 8.83. The van der Waals surface area contributed by atoms with Gasteiger partial charge in [-0.05, 0) is 43.0 Å². The number of benzene rings is 1. The van der Waals surface area contributed by atoms with Crippen molar-refractivity contribution in [2.24, 2.45) is 12.1 Å². The van der Waals surface area contributed by atoms with Gasteiger partial charge in [-0.2, -0.15) is 5.26 Å². The molecule has 0 N–H and O–H groups in total. The van der Waals surface area contributed by atoms with Crippen LogP contribution in [0, 0.1) is 11.3 Å². The van der Waals surface area contributed by atoms with E-state index in [-0.39, 0.29) is 18.1 Å². The van der Waals surface area contributed by atoms with Crippen molar-refractivity contribution in [3.8, 4) is 6.07 Å². The molecule has 3 heterocycles. The van der Waals surface area contributed by atoms with Crippen LogP contribution in [0.3, 0.4) is 0 Å². The molecule has 9 heteroatoms. The van der Waals surface area contributed by atoms with Gasteiger partial charge in [0, 0.05) is 7.05 Å². The van der Waals surface area contributed by atoms with Gasteiger partial charge in [-0.15, -0.1) is 5.10 Å². The van der Waals surface area contributed by atoms with Crippen molar-refractivity contribution in [2.75, 3.05) is 0 Å². The highest BCUT2D eigenvalue weighted by molar-refractivity contribution is 5.78. The van der Waals surface area contributed by atoms with Crippen LogP contribution >= 0.6 is 0 Å². The van der Waals surface area contributed by atoms with Crippen LogP contribution in [0.4, 0.5) is 0 Å². The molecule has 1 aromatic carbocycles. The highest BCUT2D eigenvalue weighted by atomic mass is 16.5. The first-order valence-corrected chi connectivity index (χ1v) is 9.63. The number of hydrogen-bond acceptors (Lipinski definition) is 7. The Morgan fingerprint density at radius 2 is 1.97 bits per heavy atom. The third kappa shape index (κ3) is 2.93. The molecule has 0 atom stereocenters. The predicted octanol–water partition coefficient (Wildman–Crippen LogP) is 2.06. The van der Waals surface area contributed by atoms with Crippen LogP contribution in [0.5, 0.6) is 0 Å². The first-order valence-electron chi connectivity index (χ1n) is 9.63. The number of nitriles is 1. The van der Waals surface area contributed by atoms with E-state index >= 15 is 0 Å². The zero-order valence-corrected chi connectivity index (χ0v) is 16.4. The molecule has 30 heavy (non-hydrogen) atoms. The minimum atomic E-state index is -0.195. The summed E-state index contributed by atoms with van der Waals surface area (Å²) in [4.78, 5) is 21.0. The van der Waals surface area contributed by atoms with Crippen molar-refractivity contribution in [3.63, 3.8) is 0 Å². The predicted molar refractivity (Wildman–Crippen MR) is 109 cm³/mol. The average Bonchev–Trinajstić information content (AvgIpc) is 3.26. The molecule has 150 valence electrons. The second-order valence-corrected chi connectivity index (χ2v) is 7.60. The van der Waals surface area contributed by atoms with E-state index in [1.807, 2.05) is 24.3 Å². The Morgan fingerprint density at radius 1 is 1.23 bits per heavy atom. The van der Waals surface area contributed by atoms with Crippen molar-refractivity contribution >= 4 is 17.1 Å². The number of rotatable bonds is 4. The van der Waals surface area contributed by atoms with Gasteiger partial charge in [0.05, 0.1) is 24.0 Å². The van der Waals surface area contributed by atoms with E-state index in [2.05, 4.69) is 27.7 Å². The highest BCUT2D eigenvalue weighted by Gasteiger charge is 2.38. The summed E-state index contributed by atoms with van der Waals surface area (Å²) in [5, 5.41) is 15.3. The van der Waals surface area contributed by atoms with E-state index in [0.717, 1.165) is 12.8 Å². The van der Waals surface area contributed by atoms with Gasteiger partial charge >= 0.3 is 0 Å². The largest absolute Gasteiger partial charge is 0.422 e. The van der Waals surface area contributed by atoms with E-state index in [1.54, 1.807) is 23.0 Å². The lowest BCUT2D eigenvalue weighted by Gasteiger charge is -2.39. The topological polar surface area (TPSA) is 101 Å².